The van der Waals surface area contributed by atoms with Crippen LogP contribution in [0.25, 0.3) is 0 Å². The van der Waals surface area contributed by atoms with E-state index in [2.05, 4.69) is 21.3 Å². The van der Waals surface area contributed by atoms with Crippen LogP contribution in [0.2, 0.25) is 0 Å². The highest BCUT2D eigenvalue weighted by molar-refractivity contribution is 5.96. The van der Waals surface area contributed by atoms with E-state index in [9.17, 15) is 9.59 Å². The predicted octanol–water partition coefficient (Wildman–Crippen LogP) is 2.19. The van der Waals surface area contributed by atoms with Gasteiger partial charge >= 0.3 is 6.03 Å². The minimum Gasteiger partial charge on any atom is -0.341 e. The van der Waals surface area contributed by atoms with Crippen LogP contribution in [0.5, 0.6) is 0 Å². The Morgan fingerprint density at radius 1 is 1.17 bits per heavy atom. The zero-order valence-electron chi connectivity index (χ0n) is 13.1. The first-order valence-corrected chi connectivity index (χ1v) is 7.73. The molecule has 0 bridgehead atoms. The maximum Gasteiger partial charge on any atom is 0.318 e. The summed E-state index contributed by atoms with van der Waals surface area (Å²) >= 11 is 0. The smallest absolute Gasteiger partial charge is 0.318 e. The molecule has 6 nitrogen and oxygen atoms in total. The van der Waals surface area contributed by atoms with Crippen LogP contribution in [0.1, 0.15) is 19.3 Å². The van der Waals surface area contributed by atoms with Crippen molar-refractivity contribution in [2.75, 3.05) is 30.8 Å². The molecule has 1 spiro atoms. The second kappa shape index (κ2) is 7.19. The summed E-state index contributed by atoms with van der Waals surface area (Å²) in [6.45, 7) is 2.02. The molecule has 0 radical (unpaired) electrons. The fraction of sp³-hybridized carbons (Fsp3) is 0.500. The van der Waals surface area contributed by atoms with Gasteiger partial charge in [0.2, 0.25) is 5.91 Å². The van der Waals surface area contributed by atoms with Crippen molar-refractivity contribution < 1.29 is 9.59 Å². The van der Waals surface area contributed by atoms with Crippen molar-refractivity contribution in [3.63, 3.8) is 0 Å². The van der Waals surface area contributed by atoms with Gasteiger partial charge in [0.1, 0.15) is 0 Å². The van der Waals surface area contributed by atoms with Crippen LogP contribution in [0.3, 0.4) is 0 Å². The van der Waals surface area contributed by atoms with E-state index in [-0.39, 0.29) is 35.7 Å². The molecule has 1 aromatic carbocycles. The van der Waals surface area contributed by atoms with Crippen LogP contribution in [-0.4, -0.2) is 32.1 Å². The highest BCUT2D eigenvalue weighted by Gasteiger charge is 2.57. The summed E-state index contributed by atoms with van der Waals surface area (Å²) in [5.74, 6) is 0.226. The molecule has 126 valence electrons. The molecule has 1 aromatic rings. The summed E-state index contributed by atoms with van der Waals surface area (Å²) in [4.78, 5) is 23.7. The minimum atomic E-state index is -0.278. The van der Waals surface area contributed by atoms with Crippen molar-refractivity contribution in [3.8, 4) is 0 Å². The van der Waals surface area contributed by atoms with E-state index in [4.69, 9.17) is 0 Å². The Kier molecular flexibility index (Phi) is 5.49. The lowest BCUT2D eigenvalue weighted by Gasteiger charge is -2.23. The third kappa shape index (κ3) is 3.95. The third-order valence-electron chi connectivity index (χ3n) is 4.72. The maximum atomic E-state index is 12.4. The van der Waals surface area contributed by atoms with Gasteiger partial charge in [-0.05, 0) is 56.0 Å². The highest BCUT2D eigenvalue weighted by atomic mass is 35.5. The topological polar surface area (TPSA) is 82.3 Å². The van der Waals surface area contributed by atoms with Gasteiger partial charge in [0.05, 0.1) is 0 Å². The van der Waals surface area contributed by atoms with Gasteiger partial charge in [-0.1, -0.05) is 6.07 Å². The van der Waals surface area contributed by atoms with Gasteiger partial charge < -0.3 is 21.3 Å². The number of halogens is 1. The van der Waals surface area contributed by atoms with Crippen LogP contribution < -0.4 is 21.3 Å². The standard InChI is InChI=1S/C16H22N4O2.ClH/c1-17-15(22)20-12-4-2-3-11(9-12)19-14(21)13-10-16(13)5-7-18-8-6-16;/h2-4,9,13,18H,5-8,10H2,1H3,(H,19,21)(H2,17,20,22);1H. The van der Waals surface area contributed by atoms with E-state index < -0.39 is 0 Å². The molecule has 4 N–H and O–H groups in total. The molecular formula is C16H23ClN4O2. The van der Waals surface area contributed by atoms with Crippen LogP contribution in [-0.2, 0) is 4.79 Å². The van der Waals surface area contributed by atoms with Crippen molar-refractivity contribution in [1.82, 2.24) is 10.6 Å². The molecular weight excluding hydrogens is 316 g/mol. The summed E-state index contributed by atoms with van der Waals surface area (Å²) in [5, 5.41) is 11.5. The van der Waals surface area contributed by atoms with Crippen LogP contribution in [0, 0.1) is 11.3 Å². The van der Waals surface area contributed by atoms with Gasteiger partial charge in [-0.25, -0.2) is 4.79 Å². The lowest BCUT2D eigenvalue weighted by Crippen LogP contribution is -2.31. The molecule has 1 unspecified atom stereocenters. The minimum absolute atomic E-state index is 0. The van der Waals surface area contributed by atoms with Crippen molar-refractivity contribution in [3.05, 3.63) is 24.3 Å². The Labute approximate surface area is 142 Å². The first-order valence-electron chi connectivity index (χ1n) is 7.73. The number of hydrogen-bond donors (Lipinski definition) is 4. The van der Waals surface area contributed by atoms with E-state index in [1.54, 1.807) is 19.2 Å². The molecule has 1 heterocycles. The zero-order valence-corrected chi connectivity index (χ0v) is 14.0. The summed E-state index contributed by atoms with van der Waals surface area (Å²) in [7, 11) is 1.56. The monoisotopic (exact) mass is 338 g/mol. The average molecular weight is 339 g/mol. The molecule has 23 heavy (non-hydrogen) atoms. The Balaban J connectivity index is 0.00000192. The Morgan fingerprint density at radius 2 is 1.83 bits per heavy atom. The van der Waals surface area contributed by atoms with E-state index in [0.717, 1.165) is 38.0 Å². The van der Waals surface area contributed by atoms with Crippen LogP contribution in [0.15, 0.2) is 24.3 Å². The second-order valence-electron chi connectivity index (χ2n) is 6.14. The molecule has 3 rings (SSSR count). The number of benzene rings is 1. The molecule has 1 aliphatic heterocycles. The fourth-order valence-electron chi connectivity index (χ4n) is 3.29. The van der Waals surface area contributed by atoms with Crippen molar-refractivity contribution >= 4 is 35.7 Å². The fourth-order valence-corrected chi connectivity index (χ4v) is 3.29. The van der Waals surface area contributed by atoms with Crippen LogP contribution >= 0.6 is 12.4 Å². The first kappa shape index (κ1) is 17.6. The number of anilines is 2. The number of nitrogens with one attached hydrogen (secondary N) is 4. The number of carbonyl (C=O) groups is 2. The van der Waals surface area contributed by atoms with Gasteiger partial charge in [-0.3, -0.25) is 4.79 Å². The molecule has 3 amide bonds. The molecule has 0 aromatic heterocycles. The second-order valence-corrected chi connectivity index (χ2v) is 6.14. The summed E-state index contributed by atoms with van der Waals surface area (Å²) in [5.41, 5.74) is 1.60. The molecule has 7 heteroatoms. The molecule has 1 saturated carbocycles. The van der Waals surface area contributed by atoms with Gasteiger partial charge in [0, 0.05) is 24.3 Å². The normalized spacial score (nSPS) is 21.0. The molecule has 1 atom stereocenters. The van der Waals surface area contributed by atoms with E-state index >= 15 is 0 Å². The SMILES string of the molecule is CNC(=O)Nc1cccc(NC(=O)C2CC23CCNCC3)c1.Cl. The number of piperidine rings is 1. The van der Waals surface area contributed by atoms with Gasteiger partial charge in [0.25, 0.3) is 0 Å². The average Bonchev–Trinajstić information content (AvgIpc) is 3.21. The predicted molar refractivity (Wildman–Crippen MR) is 93.0 cm³/mol. The lowest BCUT2D eigenvalue weighted by atomic mass is 9.92. The van der Waals surface area contributed by atoms with Crippen molar-refractivity contribution in [1.29, 1.82) is 0 Å². The number of amides is 3. The quantitative estimate of drug-likeness (QED) is 0.682. The van der Waals surface area contributed by atoms with E-state index in [1.165, 1.54) is 0 Å². The highest BCUT2D eigenvalue weighted by Crippen LogP contribution is 2.58. The molecule has 2 aliphatic rings. The largest absolute Gasteiger partial charge is 0.341 e. The van der Waals surface area contributed by atoms with E-state index in [1.807, 2.05) is 12.1 Å². The van der Waals surface area contributed by atoms with Crippen molar-refractivity contribution in [2.24, 2.45) is 11.3 Å². The van der Waals surface area contributed by atoms with Crippen LogP contribution in [0.4, 0.5) is 16.2 Å². The number of carbonyl (C=O) groups excluding carboxylic acids is 2. The Bertz CT molecular complexity index is 587. The number of hydrogen-bond acceptors (Lipinski definition) is 3. The maximum absolute atomic E-state index is 12.4. The number of rotatable bonds is 3. The molecule has 2 fully saturated rings. The summed E-state index contributed by atoms with van der Waals surface area (Å²) in [6.07, 6.45) is 3.17. The van der Waals surface area contributed by atoms with Gasteiger partial charge in [0.15, 0.2) is 0 Å². The Morgan fingerprint density at radius 3 is 2.48 bits per heavy atom. The van der Waals surface area contributed by atoms with E-state index in [0.29, 0.717) is 5.69 Å². The van der Waals surface area contributed by atoms with Crippen molar-refractivity contribution in [2.45, 2.75) is 19.3 Å². The molecule has 1 aliphatic carbocycles. The lowest BCUT2D eigenvalue weighted by molar-refractivity contribution is -0.118. The summed E-state index contributed by atoms with van der Waals surface area (Å²) in [6, 6.07) is 6.93. The van der Waals surface area contributed by atoms with Gasteiger partial charge in [-0.2, -0.15) is 0 Å². The first-order chi connectivity index (χ1) is 10.6. The van der Waals surface area contributed by atoms with Gasteiger partial charge in [-0.15, -0.1) is 12.4 Å². The zero-order chi connectivity index (χ0) is 15.6. The number of urea groups is 1. The third-order valence-corrected chi connectivity index (χ3v) is 4.72. The molecule has 1 saturated heterocycles. The Hall–Kier alpha value is -1.79. The summed E-state index contributed by atoms with van der Waals surface area (Å²) < 4.78 is 0.